The maximum absolute atomic E-state index is 12.1. The molecular formula is C12H20N4O3S. The van der Waals surface area contributed by atoms with Gasteiger partial charge >= 0.3 is 0 Å². The summed E-state index contributed by atoms with van der Waals surface area (Å²) in [7, 11) is -3.79. The molecule has 1 amide bonds. The van der Waals surface area contributed by atoms with Gasteiger partial charge in [-0.2, -0.15) is 17.4 Å². The SMILES string of the molecule is CC(C)NS(=O)(=O)N(CC(N)=O)Cc1cccc(N)c1. The first kappa shape index (κ1) is 16.4. The number of amides is 1. The maximum atomic E-state index is 12.1. The summed E-state index contributed by atoms with van der Waals surface area (Å²) in [5.74, 6) is -0.719. The summed E-state index contributed by atoms with van der Waals surface area (Å²) < 4.78 is 27.7. The third-order valence-corrected chi connectivity index (χ3v) is 4.07. The van der Waals surface area contributed by atoms with E-state index in [1.54, 1.807) is 38.1 Å². The highest BCUT2D eigenvalue weighted by molar-refractivity contribution is 7.87. The normalized spacial score (nSPS) is 12.0. The van der Waals surface area contributed by atoms with Gasteiger partial charge in [0, 0.05) is 18.3 Å². The molecule has 0 saturated heterocycles. The number of carbonyl (C=O) groups excluding carboxylic acids is 1. The van der Waals surface area contributed by atoms with Crippen molar-refractivity contribution in [1.82, 2.24) is 9.03 Å². The van der Waals surface area contributed by atoms with Crippen molar-refractivity contribution in [2.45, 2.75) is 26.4 Å². The van der Waals surface area contributed by atoms with Gasteiger partial charge in [0.05, 0.1) is 6.54 Å². The van der Waals surface area contributed by atoms with Crippen LogP contribution in [0.4, 0.5) is 5.69 Å². The minimum atomic E-state index is -3.79. The molecule has 0 spiro atoms. The van der Waals surface area contributed by atoms with Crippen molar-refractivity contribution in [3.63, 3.8) is 0 Å². The molecule has 0 fully saturated rings. The summed E-state index contributed by atoms with van der Waals surface area (Å²) in [4.78, 5) is 11.1. The summed E-state index contributed by atoms with van der Waals surface area (Å²) in [6.45, 7) is 3.02. The van der Waals surface area contributed by atoms with E-state index in [9.17, 15) is 13.2 Å². The van der Waals surface area contributed by atoms with Gasteiger partial charge in [0.15, 0.2) is 0 Å². The Balaban J connectivity index is 2.98. The molecular weight excluding hydrogens is 280 g/mol. The number of nitrogens with two attached hydrogens (primary N) is 2. The number of nitrogen functional groups attached to an aromatic ring is 1. The average molecular weight is 300 g/mol. The smallest absolute Gasteiger partial charge is 0.280 e. The second-order valence-electron chi connectivity index (χ2n) is 4.76. The number of nitrogens with zero attached hydrogens (tertiary/aromatic N) is 1. The molecule has 0 aliphatic carbocycles. The number of benzene rings is 1. The molecule has 0 aromatic heterocycles. The third-order valence-electron chi connectivity index (χ3n) is 2.37. The molecule has 0 bridgehead atoms. The van der Waals surface area contributed by atoms with Crippen LogP contribution in [0.1, 0.15) is 19.4 Å². The van der Waals surface area contributed by atoms with E-state index in [-0.39, 0.29) is 12.6 Å². The van der Waals surface area contributed by atoms with Crippen LogP contribution in [0, 0.1) is 0 Å². The molecule has 5 N–H and O–H groups in total. The first-order valence-corrected chi connectivity index (χ1v) is 7.55. The Bertz CT molecular complexity index is 572. The van der Waals surface area contributed by atoms with Gasteiger partial charge < -0.3 is 11.5 Å². The first-order valence-electron chi connectivity index (χ1n) is 6.11. The maximum Gasteiger partial charge on any atom is 0.280 e. The van der Waals surface area contributed by atoms with Gasteiger partial charge in [-0.05, 0) is 31.5 Å². The minimum Gasteiger partial charge on any atom is -0.399 e. The minimum absolute atomic E-state index is 0.0238. The largest absolute Gasteiger partial charge is 0.399 e. The quantitative estimate of drug-likeness (QED) is 0.604. The lowest BCUT2D eigenvalue weighted by molar-refractivity contribution is -0.118. The topological polar surface area (TPSA) is 119 Å². The van der Waals surface area contributed by atoms with Crippen LogP contribution in [0.15, 0.2) is 24.3 Å². The number of rotatable bonds is 7. The summed E-state index contributed by atoms with van der Waals surface area (Å²) in [6, 6.07) is 6.52. The Morgan fingerprint density at radius 3 is 2.55 bits per heavy atom. The second kappa shape index (κ2) is 6.69. The summed E-state index contributed by atoms with van der Waals surface area (Å²) in [5, 5.41) is 0. The number of anilines is 1. The molecule has 1 rings (SSSR count). The average Bonchev–Trinajstić information content (AvgIpc) is 2.25. The molecule has 20 heavy (non-hydrogen) atoms. The molecule has 1 aromatic rings. The van der Waals surface area contributed by atoms with Crippen LogP contribution < -0.4 is 16.2 Å². The molecule has 0 saturated carbocycles. The van der Waals surface area contributed by atoms with Crippen molar-refractivity contribution < 1.29 is 13.2 Å². The molecule has 0 heterocycles. The zero-order chi connectivity index (χ0) is 15.3. The number of carbonyl (C=O) groups is 1. The van der Waals surface area contributed by atoms with Crippen LogP contribution in [-0.4, -0.2) is 31.2 Å². The van der Waals surface area contributed by atoms with Crippen molar-refractivity contribution in [2.75, 3.05) is 12.3 Å². The highest BCUT2D eigenvalue weighted by Crippen LogP contribution is 2.12. The molecule has 0 atom stereocenters. The fraction of sp³-hybridized carbons (Fsp3) is 0.417. The number of hydrogen-bond donors (Lipinski definition) is 3. The van der Waals surface area contributed by atoms with Gasteiger partial charge in [-0.15, -0.1) is 0 Å². The fourth-order valence-corrected chi connectivity index (χ4v) is 3.03. The highest BCUT2D eigenvalue weighted by Gasteiger charge is 2.24. The van der Waals surface area contributed by atoms with E-state index in [0.717, 1.165) is 4.31 Å². The van der Waals surface area contributed by atoms with Crippen LogP contribution >= 0.6 is 0 Å². The Labute approximate surface area is 119 Å². The van der Waals surface area contributed by atoms with Gasteiger partial charge in [-0.25, -0.2) is 0 Å². The van der Waals surface area contributed by atoms with E-state index in [4.69, 9.17) is 11.5 Å². The first-order chi connectivity index (χ1) is 9.20. The molecule has 1 aromatic carbocycles. The second-order valence-corrected chi connectivity index (χ2v) is 6.46. The number of nitrogens with one attached hydrogen (secondary N) is 1. The molecule has 112 valence electrons. The van der Waals surface area contributed by atoms with Crippen molar-refractivity contribution in [3.05, 3.63) is 29.8 Å². The van der Waals surface area contributed by atoms with E-state index in [2.05, 4.69) is 4.72 Å². The molecule has 0 aliphatic rings. The zero-order valence-corrected chi connectivity index (χ0v) is 12.4. The predicted molar refractivity (Wildman–Crippen MR) is 77.7 cm³/mol. The van der Waals surface area contributed by atoms with Gasteiger partial charge in [0.25, 0.3) is 10.2 Å². The Morgan fingerprint density at radius 2 is 2.05 bits per heavy atom. The van der Waals surface area contributed by atoms with Gasteiger partial charge in [-0.1, -0.05) is 12.1 Å². The monoisotopic (exact) mass is 300 g/mol. The molecule has 0 radical (unpaired) electrons. The third kappa shape index (κ3) is 5.16. The lowest BCUT2D eigenvalue weighted by Gasteiger charge is -2.22. The lowest BCUT2D eigenvalue weighted by Crippen LogP contribution is -2.46. The Morgan fingerprint density at radius 1 is 1.40 bits per heavy atom. The molecule has 0 unspecified atom stereocenters. The van der Waals surface area contributed by atoms with Crippen molar-refractivity contribution in [1.29, 1.82) is 0 Å². The fourth-order valence-electron chi connectivity index (χ4n) is 1.67. The van der Waals surface area contributed by atoms with Crippen molar-refractivity contribution in [3.8, 4) is 0 Å². The molecule has 8 heteroatoms. The van der Waals surface area contributed by atoms with E-state index in [1.165, 1.54) is 0 Å². The van der Waals surface area contributed by atoms with Gasteiger partial charge in [-0.3, -0.25) is 4.79 Å². The lowest BCUT2D eigenvalue weighted by atomic mass is 10.2. The Kier molecular flexibility index (Phi) is 5.49. The van der Waals surface area contributed by atoms with E-state index < -0.39 is 22.7 Å². The van der Waals surface area contributed by atoms with Gasteiger partial charge in [0.2, 0.25) is 5.91 Å². The summed E-state index contributed by atoms with van der Waals surface area (Å²) >= 11 is 0. The van der Waals surface area contributed by atoms with Crippen LogP contribution in [0.3, 0.4) is 0 Å². The van der Waals surface area contributed by atoms with Crippen molar-refractivity contribution >= 4 is 21.8 Å². The van der Waals surface area contributed by atoms with Gasteiger partial charge in [0.1, 0.15) is 0 Å². The summed E-state index contributed by atoms with van der Waals surface area (Å²) in [6.07, 6.45) is 0. The van der Waals surface area contributed by atoms with Crippen LogP contribution in [0.5, 0.6) is 0 Å². The highest BCUT2D eigenvalue weighted by atomic mass is 32.2. The van der Waals surface area contributed by atoms with Crippen LogP contribution in [0.25, 0.3) is 0 Å². The zero-order valence-electron chi connectivity index (χ0n) is 11.5. The summed E-state index contributed by atoms with van der Waals surface area (Å²) in [5.41, 5.74) is 12.0. The number of hydrogen-bond acceptors (Lipinski definition) is 4. The standard InChI is InChI=1S/C12H20N4O3S/c1-9(2)15-20(18,19)16(8-12(14)17)7-10-4-3-5-11(13)6-10/h3-6,9,15H,7-8,13H2,1-2H3,(H2,14,17). The van der Waals surface area contributed by atoms with E-state index >= 15 is 0 Å². The molecule has 0 aliphatic heterocycles. The Hall–Kier alpha value is -1.64. The molecule has 7 nitrogen and oxygen atoms in total. The van der Waals surface area contributed by atoms with E-state index in [1.807, 2.05) is 0 Å². The van der Waals surface area contributed by atoms with Crippen LogP contribution in [-0.2, 0) is 21.5 Å². The van der Waals surface area contributed by atoms with E-state index in [0.29, 0.717) is 11.3 Å². The number of primary amides is 1. The van der Waals surface area contributed by atoms with Crippen molar-refractivity contribution in [2.24, 2.45) is 5.73 Å². The van der Waals surface area contributed by atoms with Crippen LogP contribution in [0.2, 0.25) is 0 Å². The predicted octanol–water partition coefficient (Wildman–Crippen LogP) is -0.201.